The van der Waals surface area contributed by atoms with Crippen molar-refractivity contribution in [3.8, 4) is 5.75 Å². The summed E-state index contributed by atoms with van der Waals surface area (Å²) < 4.78 is 40.5. The topological polar surface area (TPSA) is 43.4 Å². The summed E-state index contributed by atoms with van der Waals surface area (Å²) in [5, 5.41) is 0. The van der Waals surface area contributed by atoms with Crippen LogP contribution in [0.25, 0.3) is 0 Å². The number of hydrogen-bond donors (Lipinski definition) is 0. The lowest BCUT2D eigenvalue weighted by atomic mass is 10.3. The van der Waals surface area contributed by atoms with Gasteiger partial charge in [0.2, 0.25) is 0 Å². The second kappa shape index (κ2) is 4.84. The summed E-state index contributed by atoms with van der Waals surface area (Å²) in [4.78, 5) is -0.386. The molecule has 1 aromatic rings. The fraction of sp³-hybridized carbons (Fsp3) is 0.200. The average Bonchev–Trinajstić information content (AvgIpc) is 2.19. The maximum atomic E-state index is 12.9. The van der Waals surface area contributed by atoms with Gasteiger partial charge in [-0.15, -0.1) is 0 Å². The molecule has 0 spiro atoms. The van der Waals surface area contributed by atoms with Gasteiger partial charge in [0.15, 0.2) is 0 Å². The van der Waals surface area contributed by atoms with E-state index in [0.29, 0.717) is 0 Å². The third-order valence-electron chi connectivity index (χ3n) is 1.81. The van der Waals surface area contributed by atoms with E-state index in [4.69, 9.17) is 15.4 Å². The molecule has 1 unspecified atom stereocenters. The third-order valence-corrected chi connectivity index (χ3v) is 3.16. The van der Waals surface area contributed by atoms with Crippen molar-refractivity contribution in [2.75, 3.05) is 0 Å². The molecule has 0 radical (unpaired) electrons. The molecule has 6 heteroatoms. The summed E-state index contributed by atoms with van der Waals surface area (Å²) >= 11 is 0. The highest BCUT2D eigenvalue weighted by Crippen LogP contribution is 2.28. The van der Waals surface area contributed by atoms with Crippen LogP contribution in [0.5, 0.6) is 5.75 Å². The van der Waals surface area contributed by atoms with E-state index in [1.165, 1.54) is 12.1 Å². The lowest BCUT2D eigenvalue weighted by Crippen LogP contribution is -2.09. The Balaban J connectivity index is 3.23. The molecule has 0 aliphatic heterocycles. The van der Waals surface area contributed by atoms with Gasteiger partial charge in [-0.2, -0.15) is 0 Å². The minimum atomic E-state index is -4.04. The standard InChI is InChI=1S/C10H10ClFO3S/c1-3-7(2)15-9-5-4-8(12)6-10(9)16(11,13)14/h3-7H,1H2,2H3. The highest BCUT2D eigenvalue weighted by molar-refractivity contribution is 8.13. The van der Waals surface area contributed by atoms with Gasteiger partial charge in [-0.3, -0.25) is 0 Å². The third kappa shape index (κ3) is 3.21. The lowest BCUT2D eigenvalue weighted by molar-refractivity contribution is 0.262. The van der Waals surface area contributed by atoms with E-state index in [9.17, 15) is 12.8 Å². The highest BCUT2D eigenvalue weighted by atomic mass is 35.7. The normalized spacial score (nSPS) is 13.2. The molecule has 16 heavy (non-hydrogen) atoms. The van der Waals surface area contributed by atoms with E-state index >= 15 is 0 Å². The van der Waals surface area contributed by atoms with Crippen LogP contribution in [-0.4, -0.2) is 14.5 Å². The van der Waals surface area contributed by atoms with Crippen LogP contribution >= 0.6 is 10.7 Å². The Morgan fingerprint density at radius 1 is 1.56 bits per heavy atom. The van der Waals surface area contributed by atoms with Gasteiger partial charge >= 0.3 is 0 Å². The minimum Gasteiger partial charge on any atom is -0.485 e. The van der Waals surface area contributed by atoms with Crippen LogP contribution in [0.1, 0.15) is 6.92 Å². The first kappa shape index (κ1) is 13.0. The zero-order chi connectivity index (χ0) is 12.3. The molecule has 0 fully saturated rings. The van der Waals surface area contributed by atoms with Crippen molar-refractivity contribution in [2.24, 2.45) is 0 Å². The number of benzene rings is 1. The van der Waals surface area contributed by atoms with E-state index in [1.807, 2.05) is 0 Å². The number of hydrogen-bond acceptors (Lipinski definition) is 3. The number of ether oxygens (including phenoxy) is 1. The predicted octanol–water partition coefficient (Wildman–Crippen LogP) is 2.71. The average molecular weight is 265 g/mol. The molecule has 0 N–H and O–H groups in total. The van der Waals surface area contributed by atoms with Gasteiger partial charge in [-0.25, -0.2) is 12.8 Å². The van der Waals surface area contributed by atoms with Gasteiger partial charge in [-0.05, 0) is 25.1 Å². The van der Waals surface area contributed by atoms with Gasteiger partial charge in [-0.1, -0.05) is 12.7 Å². The van der Waals surface area contributed by atoms with E-state index in [1.54, 1.807) is 6.92 Å². The summed E-state index contributed by atoms with van der Waals surface area (Å²) in [7, 11) is 1.13. The van der Waals surface area contributed by atoms with Crippen molar-refractivity contribution >= 4 is 19.7 Å². The quantitative estimate of drug-likeness (QED) is 0.620. The maximum absolute atomic E-state index is 12.9. The predicted molar refractivity (Wildman–Crippen MR) is 59.7 cm³/mol. The van der Waals surface area contributed by atoms with Gasteiger partial charge in [0, 0.05) is 10.7 Å². The Bertz CT molecular complexity index is 499. The Labute approximate surface area is 97.9 Å². The zero-order valence-corrected chi connectivity index (χ0v) is 10.1. The fourth-order valence-corrected chi connectivity index (χ4v) is 1.99. The zero-order valence-electron chi connectivity index (χ0n) is 8.48. The van der Waals surface area contributed by atoms with Crippen molar-refractivity contribution in [1.29, 1.82) is 0 Å². The van der Waals surface area contributed by atoms with E-state index in [2.05, 4.69) is 6.58 Å². The summed E-state index contributed by atoms with van der Waals surface area (Å²) in [5.41, 5.74) is 0. The van der Waals surface area contributed by atoms with Crippen molar-refractivity contribution < 1.29 is 17.5 Å². The molecule has 0 aliphatic rings. The van der Waals surface area contributed by atoms with Gasteiger partial charge in [0.1, 0.15) is 22.6 Å². The second-order valence-corrected chi connectivity index (χ2v) is 5.62. The number of halogens is 2. The molecule has 0 saturated carbocycles. The minimum absolute atomic E-state index is 0.00352. The van der Waals surface area contributed by atoms with E-state index in [-0.39, 0.29) is 10.6 Å². The molecule has 0 amide bonds. The molecule has 0 aromatic heterocycles. The number of rotatable bonds is 4. The van der Waals surface area contributed by atoms with Crippen molar-refractivity contribution in [2.45, 2.75) is 17.9 Å². The van der Waals surface area contributed by atoms with Crippen molar-refractivity contribution in [1.82, 2.24) is 0 Å². The van der Waals surface area contributed by atoms with Gasteiger partial charge in [0.25, 0.3) is 9.05 Å². The van der Waals surface area contributed by atoms with E-state index < -0.39 is 21.0 Å². The summed E-state index contributed by atoms with van der Waals surface area (Å²) in [6.07, 6.45) is 1.08. The molecule has 0 heterocycles. The molecule has 1 atom stereocenters. The maximum Gasteiger partial charge on any atom is 0.265 e. The van der Waals surface area contributed by atoms with Crippen LogP contribution in [-0.2, 0) is 9.05 Å². The molecule has 1 rings (SSSR count). The largest absolute Gasteiger partial charge is 0.485 e. The molecule has 0 saturated heterocycles. The van der Waals surface area contributed by atoms with Crippen LogP contribution in [0.3, 0.4) is 0 Å². The second-order valence-electron chi connectivity index (χ2n) is 3.09. The Morgan fingerprint density at radius 3 is 2.69 bits per heavy atom. The summed E-state index contributed by atoms with van der Waals surface area (Å²) in [5.74, 6) is -0.693. The first-order valence-electron chi connectivity index (χ1n) is 4.38. The molecule has 0 aliphatic carbocycles. The Hall–Kier alpha value is -1.07. The molecular formula is C10H10ClFO3S. The Morgan fingerprint density at radius 2 is 2.19 bits per heavy atom. The first-order chi connectivity index (χ1) is 7.34. The van der Waals surface area contributed by atoms with Crippen LogP contribution in [0, 0.1) is 5.82 Å². The van der Waals surface area contributed by atoms with Gasteiger partial charge < -0.3 is 4.74 Å². The summed E-state index contributed by atoms with van der Waals surface area (Å²) in [6, 6.07) is 3.12. The van der Waals surface area contributed by atoms with Gasteiger partial charge in [0.05, 0.1) is 0 Å². The molecule has 3 nitrogen and oxygen atoms in total. The Kier molecular flexibility index (Phi) is 3.93. The fourth-order valence-electron chi connectivity index (χ4n) is 1.02. The SMILES string of the molecule is C=CC(C)Oc1ccc(F)cc1S(=O)(=O)Cl. The highest BCUT2D eigenvalue weighted by Gasteiger charge is 2.18. The van der Waals surface area contributed by atoms with Crippen LogP contribution in [0.2, 0.25) is 0 Å². The van der Waals surface area contributed by atoms with Crippen LogP contribution in [0.15, 0.2) is 35.7 Å². The lowest BCUT2D eigenvalue weighted by Gasteiger charge is -2.12. The van der Waals surface area contributed by atoms with Crippen LogP contribution in [0.4, 0.5) is 4.39 Å². The smallest absolute Gasteiger partial charge is 0.265 e. The molecular weight excluding hydrogens is 255 g/mol. The van der Waals surface area contributed by atoms with Crippen molar-refractivity contribution in [3.63, 3.8) is 0 Å². The molecule has 0 bridgehead atoms. The van der Waals surface area contributed by atoms with Crippen molar-refractivity contribution in [3.05, 3.63) is 36.7 Å². The van der Waals surface area contributed by atoms with E-state index in [0.717, 1.165) is 12.1 Å². The summed E-state index contributed by atoms with van der Waals surface area (Å²) in [6.45, 7) is 5.15. The monoisotopic (exact) mass is 264 g/mol. The van der Waals surface area contributed by atoms with Crippen LogP contribution < -0.4 is 4.74 Å². The molecule has 1 aromatic carbocycles. The first-order valence-corrected chi connectivity index (χ1v) is 6.69. The molecule has 88 valence electrons.